The fourth-order valence-electron chi connectivity index (χ4n) is 4.45. The van der Waals surface area contributed by atoms with Crippen LogP contribution in [0.3, 0.4) is 0 Å². The third-order valence-corrected chi connectivity index (χ3v) is 6.46. The SMILES string of the molecule is COc1ccc(NC(=O)[C@H]2CCN2C(=O)C2(c3ccc(Cl)cc3)CCCC2)cc1. The molecule has 1 heterocycles. The van der Waals surface area contributed by atoms with Crippen LogP contribution in [0.4, 0.5) is 5.69 Å². The average Bonchev–Trinajstić information content (AvgIpc) is 3.19. The number of ether oxygens (including phenoxy) is 1. The minimum atomic E-state index is -0.538. The van der Waals surface area contributed by atoms with E-state index >= 15 is 0 Å². The number of nitrogens with one attached hydrogen (secondary N) is 1. The molecule has 1 N–H and O–H groups in total. The molecule has 4 rings (SSSR count). The number of carbonyl (C=O) groups excluding carboxylic acids is 2. The number of anilines is 1. The summed E-state index contributed by atoms with van der Waals surface area (Å²) in [6.45, 7) is 0.620. The van der Waals surface area contributed by atoms with Crippen molar-refractivity contribution >= 4 is 29.1 Å². The number of carbonyl (C=O) groups is 2. The summed E-state index contributed by atoms with van der Waals surface area (Å²) in [6.07, 6.45) is 4.35. The number of methoxy groups -OCH3 is 1. The lowest BCUT2D eigenvalue weighted by atomic mass is 9.76. The van der Waals surface area contributed by atoms with Gasteiger partial charge in [0.2, 0.25) is 11.8 Å². The lowest BCUT2D eigenvalue weighted by Crippen LogP contribution is -2.61. The minimum Gasteiger partial charge on any atom is -0.497 e. The van der Waals surface area contributed by atoms with E-state index in [2.05, 4.69) is 5.32 Å². The van der Waals surface area contributed by atoms with Crippen LogP contribution in [0.2, 0.25) is 5.02 Å². The van der Waals surface area contributed by atoms with Crippen molar-refractivity contribution < 1.29 is 14.3 Å². The number of likely N-dealkylation sites (tertiary alicyclic amines) is 1. The van der Waals surface area contributed by atoms with E-state index in [-0.39, 0.29) is 11.8 Å². The van der Waals surface area contributed by atoms with E-state index in [1.54, 1.807) is 36.3 Å². The smallest absolute Gasteiger partial charge is 0.247 e. The van der Waals surface area contributed by atoms with Crippen molar-refractivity contribution in [3.63, 3.8) is 0 Å². The van der Waals surface area contributed by atoms with Crippen LogP contribution < -0.4 is 10.1 Å². The van der Waals surface area contributed by atoms with Gasteiger partial charge in [0.25, 0.3) is 0 Å². The number of hydrogen-bond acceptors (Lipinski definition) is 3. The number of nitrogens with zero attached hydrogens (tertiary/aromatic N) is 1. The lowest BCUT2D eigenvalue weighted by molar-refractivity contribution is -0.150. The topological polar surface area (TPSA) is 58.6 Å². The van der Waals surface area contributed by atoms with Crippen LogP contribution >= 0.6 is 11.6 Å². The molecule has 1 atom stereocenters. The molecule has 5 nitrogen and oxygen atoms in total. The van der Waals surface area contributed by atoms with Gasteiger partial charge in [-0.15, -0.1) is 0 Å². The maximum atomic E-state index is 13.6. The molecule has 1 saturated carbocycles. The summed E-state index contributed by atoms with van der Waals surface area (Å²) in [7, 11) is 1.60. The van der Waals surface area contributed by atoms with E-state index in [0.29, 0.717) is 23.7 Å². The predicted octanol–water partition coefficient (Wildman–Crippen LogP) is 4.40. The summed E-state index contributed by atoms with van der Waals surface area (Å²) in [5.74, 6) is 0.659. The second-order valence-electron chi connectivity index (χ2n) is 7.82. The van der Waals surface area contributed by atoms with Crippen molar-refractivity contribution in [3.8, 4) is 5.75 Å². The summed E-state index contributed by atoms with van der Waals surface area (Å²) >= 11 is 6.05. The molecule has 2 amide bonds. The third-order valence-electron chi connectivity index (χ3n) is 6.20. The molecule has 1 saturated heterocycles. The largest absolute Gasteiger partial charge is 0.497 e. The number of rotatable bonds is 5. The van der Waals surface area contributed by atoms with Gasteiger partial charge in [0.15, 0.2) is 0 Å². The summed E-state index contributed by atoms with van der Waals surface area (Å²) in [5.41, 5.74) is 1.16. The molecule has 0 unspecified atom stereocenters. The van der Waals surface area contributed by atoms with Gasteiger partial charge in [-0.1, -0.05) is 36.6 Å². The quantitative estimate of drug-likeness (QED) is 0.791. The molecule has 0 aromatic heterocycles. The summed E-state index contributed by atoms with van der Waals surface area (Å²) in [5, 5.41) is 3.59. The van der Waals surface area contributed by atoms with Crippen LogP contribution in [-0.2, 0) is 15.0 Å². The number of hydrogen-bond donors (Lipinski definition) is 1. The van der Waals surface area contributed by atoms with Gasteiger partial charge in [0.05, 0.1) is 12.5 Å². The first-order valence-electron chi connectivity index (χ1n) is 10.1. The van der Waals surface area contributed by atoms with Crippen LogP contribution in [0.5, 0.6) is 5.75 Å². The lowest BCUT2D eigenvalue weighted by Gasteiger charge is -2.45. The molecule has 2 aromatic rings. The van der Waals surface area contributed by atoms with Crippen LogP contribution in [0.1, 0.15) is 37.7 Å². The monoisotopic (exact) mass is 412 g/mol. The van der Waals surface area contributed by atoms with Crippen molar-refractivity contribution in [1.82, 2.24) is 4.90 Å². The third kappa shape index (κ3) is 3.71. The highest BCUT2D eigenvalue weighted by molar-refractivity contribution is 6.30. The number of benzene rings is 2. The molecule has 2 aromatic carbocycles. The second kappa shape index (κ2) is 8.07. The maximum absolute atomic E-state index is 13.6. The fraction of sp³-hybridized carbons (Fsp3) is 0.391. The van der Waals surface area contributed by atoms with E-state index in [1.807, 2.05) is 24.3 Å². The van der Waals surface area contributed by atoms with Crippen LogP contribution in [-0.4, -0.2) is 36.4 Å². The van der Waals surface area contributed by atoms with Crippen molar-refractivity contribution in [3.05, 3.63) is 59.1 Å². The first-order valence-corrected chi connectivity index (χ1v) is 10.4. The van der Waals surface area contributed by atoms with E-state index < -0.39 is 11.5 Å². The van der Waals surface area contributed by atoms with E-state index in [9.17, 15) is 9.59 Å². The van der Waals surface area contributed by atoms with Crippen molar-refractivity contribution in [1.29, 1.82) is 0 Å². The Kier molecular flexibility index (Phi) is 5.50. The average molecular weight is 413 g/mol. The standard InChI is InChI=1S/C23H25ClN2O3/c1-29-19-10-8-18(9-11-19)25-21(27)20-12-15-26(20)22(28)23(13-2-3-14-23)16-4-6-17(24)7-5-16/h4-11,20H,2-3,12-15H2,1H3,(H,25,27)/t20-/m1/s1. The highest BCUT2D eigenvalue weighted by Crippen LogP contribution is 2.44. The zero-order chi connectivity index (χ0) is 20.4. The van der Waals surface area contributed by atoms with E-state index in [0.717, 1.165) is 37.0 Å². The summed E-state index contributed by atoms with van der Waals surface area (Å²) < 4.78 is 5.15. The van der Waals surface area contributed by atoms with Gasteiger partial charge in [-0.2, -0.15) is 0 Å². The van der Waals surface area contributed by atoms with Crippen LogP contribution in [0, 0.1) is 0 Å². The van der Waals surface area contributed by atoms with Crippen LogP contribution in [0.15, 0.2) is 48.5 Å². The van der Waals surface area contributed by atoms with Gasteiger partial charge in [0, 0.05) is 17.3 Å². The Morgan fingerprint density at radius 2 is 1.72 bits per heavy atom. The Morgan fingerprint density at radius 1 is 1.07 bits per heavy atom. The van der Waals surface area contributed by atoms with Gasteiger partial charge in [-0.3, -0.25) is 9.59 Å². The van der Waals surface area contributed by atoms with Gasteiger partial charge in [0.1, 0.15) is 11.8 Å². The molecule has 152 valence electrons. The highest BCUT2D eigenvalue weighted by atomic mass is 35.5. The summed E-state index contributed by atoms with van der Waals surface area (Å²) in [4.78, 5) is 28.1. The van der Waals surface area contributed by atoms with E-state index in [4.69, 9.17) is 16.3 Å². The molecule has 6 heteroatoms. The van der Waals surface area contributed by atoms with E-state index in [1.165, 1.54) is 0 Å². The minimum absolute atomic E-state index is 0.0680. The molecule has 1 aliphatic carbocycles. The Labute approximate surface area is 176 Å². The molecule has 0 radical (unpaired) electrons. The first kappa shape index (κ1) is 19.8. The maximum Gasteiger partial charge on any atom is 0.247 e. The Bertz CT molecular complexity index is 889. The predicted molar refractivity (Wildman–Crippen MR) is 113 cm³/mol. The molecule has 0 bridgehead atoms. The zero-order valence-electron chi connectivity index (χ0n) is 16.5. The summed E-state index contributed by atoms with van der Waals surface area (Å²) in [6, 6.07) is 14.4. The normalized spacial score (nSPS) is 20.1. The molecule has 2 fully saturated rings. The van der Waals surface area contributed by atoms with Gasteiger partial charge in [-0.25, -0.2) is 0 Å². The number of halogens is 1. The first-order chi connectivity index (χ1) is 14.0. The van der Waals surface area contributed by atoms with Crippen molar-refractivity contribution in [2.24, 2.45) is 0 Å². The fourth-order valence-corrected chi connectivity index (χ4v) is 4.58. The van der Waals surface area contributed by atoms with Gasteiger partial charge < -0.3 is 15.0 Å². The van der Waals surface area contributed by atoms with Crippen molar-refractivity contribution in [2.45, 2.75) is 43.6 Å². The zero-order valence-corrected chi connectivity index (χ0v) is 17.2. The molecular weight excluding hydrogens is 388 g/mol. The Balaban J connectivity index is 1.50. The molecule has 0 spiro atoms. The van der Waals surface area contributed by atoms with Crippen molar-refractivity contribution in [2.75, 3.05) is 19.0 Å². The highest BCUT2D eigenvalue weighted by Gasteiger charge is 2.49. The molecule has 1 aliphatic heterocycles. The number of amides is 2. The Morgan fingerprint density at radius 3 is 2.28 bits per heavy atom. The van der Waals surface area contributed by atoms with Gasteiger partial charge >= 0.3 is 0 Å². The second-order valence-corrected chi connectivity index (χ2v) is 8.25. The molecule has 29 heavy (non-hydrogen) atoms. The molecule has 2 aliphatic rings. The Hall–Kier alpha value is -2.53. The van der Waals surface area contributed by atoms with Gasteiger partial charge in [-0.05, 0) is 61.2 Å². The molecular formula is C23H25ClN2O3. The van der Waals surface area contributed by atoms with Crippen LogP contribution in [0.25, 0.3) is 0 Å².